The summed E-state index contributed by atoms with van der Waals surface area (Å²) < 4.78 is 5.68. The maximum Gasteiger partial charge on any atom is 0.248 e. The van der Waals surface area contributed by atoms with Gasteiger partial charge in [-0.1, -0.05) is 0 Å². The van der Waals surface area contributed by atoms with Crippen molar-refractivity contribution in [3.8, 4) is 0 Å². The highest BCUT2D eigenvalue weighted by Gasteiger charge is 2.27. The van der Waals surface area contributed by atoms with Crippen LogP contribution in [0, 0.1) is 0 Å². The van der Waals surface area contributed by atoms with Crippen LogP contribution in [0.1, 0.15) is 33.6 Å². The molecule has 124 valence electrons. The first kappa shape index (κ1) is 18.4. The Kier molecular flexibility index (Phi) is 7.10. The van der Waals surface area contributed by atoms with E-state index >= 15 is 0 Å². The predicted octanol–water partition coefficient (Wildman–Crippen LogP) is 1.29. The van der Waals surface area contributed by atoms with Crippen molar-refractivity contribution in [2.75, 3.05) is 53.9 Å². The molecular formula is C16H33N3O2. The summed E-state index contributed by atoms with van der Waals surface area (Å²) in [6.07, 6.45) is 2.12. The van der Waals surface area contributed by atoms with Crippen LogP contribution in [0.25, 0.3) is 0 Å². The minimum absolute atomic E-state index is 0.126. The highest BCUT2D eigenvalue weighted by molar-refractivity contribution is 5.77. The second-order valence-electron chi connectivity index (χ2n) is 7.33. The van der Waals surface area contributed by atoms with E-state index in [9.17, 15) is 4.79 Å². The highest BCUT2D eigenvalue weighted by atomic mass is 16.5. The van der Waals surface area contributed by atoms with Crippen molar-refractivity contribution in [3.63, 3.8) is 0 Å². The zero-order valence-electron chi connectivity index (χ0n) is 14.7. The SMILES string of the molecule is CN(C)CCN(C(=O)COC(C)(C)C)C1CCN(C)CC1. The molecule has 1 saturated heterocycles. The molecule has 0 aromatic carbocycles. The Labute approximate surface area is 130 Å². The summed E-state index contributed by atoms with van der Waals surface area (Å²) in [6.45, 7) is 9.96. The number of likely N-dealkylation sites (tertiary alicyclic amines) is 1. The average molecular weight is 299 g/mol. The Morgan fingerprint density at radius 3 is 2.24 bits per heavy atom. The van der Waals surface area contributed by atoms with Crippen molar-refractivity contribution < 1.29 is 9.53 Å². The van der Waals surface area contributed by atoms with Crippen LogP contribution >= 0.6 is 0 Å². The van der Waals surface area contributed by atoms with Gasteiger partial charge >= 0.3 is 0 Å². The molecule has 1 heterocycles. The van der Waals surface area contributed by atoms with Crippen LogP contribution in [0.3, 0.4) is 0 Å². The molecule has 21 heavy (non-hydrogen) atoms. The van der Waals surface area contributed by atoms with Crippen molar-refractivity contribution in [1.82, 2.24) is 14.7 Å². The minimum Gasteiger partial charge on any atom is -0.366 e. The fourth-order valence-electron chi connectivity index (χ4n) is 2.49. The van der Waals surface area contributed by atoms with Gasteiger partial charge in [0.15, 0.2) is 0 Å². The van der Waals surface area contributed by atoms with E-state index in [0.717, 1.165) is 39.0 Å². The van der Waals surface area contributed by atoms with Crippen molar-refractivity contribution in [2.45, 2.75) is 45.3 Å². The first-order chi connectivity index (χ1) is 9.69. The molecule has 1 rings (SSSR count). The third kappa shape index (κ3) is 7.25. The van der Waals surface area contributed by atoms with Gasteiger partial charge in [-0.05, 0) is 67.8 Å². The molecule has 0 aromatic rings. The molecule has 1 aliphatic heterocycles. The van der Waals surface area contributed by atoms with E-state index < -0.39 is 0 Å². The summed E-state index contributed by atoms with van der Waals surface area (Å²) in [5.41, 5.74) is -0.268. The standard InChI is InChI=1S/C16H33N3O2/c1-16(2,3)21-13-15(20)19(12-11-17(4)5)14-7-9-18(6)10-8-14/h14H,7-13H2,1-6H3. The van der Waals surface area contributed by atoms with E-state index in [1.807, 2.05) is 39.8 Å². The Bertz CT molecular complexity index is 318. The van der Waals surface area contributed by atoms with Crippen molar-refractivity contribution in [1.29, 1.82) is 0 Å². The van der Waals surface area contributed by atoms with Gasteiger partial charge in [0, 0.05) is 19.1 Å². The molecular weight excluding hydrogens is 266 g/mol. The van der Waals surface area contributed by atoms with E-state index in [0.29, 0.717) is 6.04 Å². The first-order valence-electron chi connectivity index (χ1n) is 7.96. The fourth-order valence-corrected chi connectivity index (χ4v) is 2.49. The molecule has 0 saturated carbocycles. The number of hydrogen-bond donors (Lipinski definition) is 0. The minimum atomic E-state index is -0.268. The van der Waals surface area contributed by atoms with Gasteiger partial charge in [-0.2, -0.15) is 0 Å². The maximum atomic E-state index is 12.6. The second-order valence-corrected chi connectivity index (χ2v) is 7.33. The number of hydrogen-bond acceptors (Lipinski definition) is 4. The van der Waals surface area contributed by atoms with E-state index in [-0.39, 0.29) is 18.1 Å². The zero-order valence-corrected chi connectivity index (χ0v) is 14.7. The summed E-state index contributed by atoms with van der Waals surface area (Å²) in [4.78, 5) is 19.0. The molecule has 0 bridgehead atoms. The molecule has 0 aromatic heterocycles. The van der Waals surface area contributed by atoms with Crippen LogP contribution in [0.5, 0.6) is 0 Å². The number of likely N-dealkylation sites (N-methyl/N-ethyl adjacent to an activating group) is 1. The number of ether oxygens (including phenoxy) is 1. The molecule has 0 unspecified atom stereocenters. The Morgan fingerprint density at radius 2 is 1.76 bits per heavy atom. The number of piperidine rings is 1. The lowest BCUT2D eigenvalue weighted by molar-refractivity contribution is -0.144. The summed E-state index contributed by atoms with van der Waals surface area (Å²) in [6, 6.07) is 0.359. The van der Waals surface area contributed by atoms with E-state index in [1.165, 1.54) is 0 Å². The third-order valence-corrected chi connectivity index (χ3v) is 3.87. The summed E-state index contributed by atoms with van der Waals surface area (Å²) in [7, 11) is 6.23. The van der Waals surface area contributed by atoms with E-state index in [4.69, 9.17) is 4.74 Å². The largest absolute Gasteiger partial charge is 0.366 e. The number of amides is 1. The van der Waals surface area contributed by atoms with Crippen LogP contribution in [-0.4, -0.2) is 86.2 Å². The average Bonchev–Trinajstić information content (AvgIpc) is 2.37. The van der Waals surface area contributed by atoms with Crippen molar-refractivity contribution in [3.05, 3.63) is 0 Å². The van der Waals surface area contributed by atoms with Crippen LogP contribution in [-0.2, 0) is 9.53 Å². The Morgan fingerprint density at radius 1 is 1.19 bits per heavy atom. The smallest absolute Gasteiger partial charge is 0.248 e. The van der Waals surface area contributed by atoms with Gasteiger partial charge in [0.25, 0.3) is 0 Å². The van der Waals surface area contributed by atoms with Gasteiger partial charge in [-0.3, -0.25) is 4.79 Å². The third-order valence-electron chi connectivity index (χ3n) is 3.87. The monoisotopic (exact) mass is 299 g/mol. The summed E-state index contributed by atoms with van der Waals surface area (Å²) in [5.74, 6) is 0.126. The summed E-state index contributed by atoms with van der Waals surface area (Å²) in [5, 5.41) is 0. The van der Waals surface area contributed by atoms with E-state index in [1.54, 1.807) is 0 Å². The van der Waals surface area contributed by atoms with Gasteiger partial charge < -0.3 is 19.4 Å². The Hall–Kier alpha value is -0.650. The van der Waals surface area contributed by atoms with Crippen molar-refractivity contribution in [2.24, 2.45) is 0 Å². The van der Waals surface area contributed by atoms with Gasteiger partial charge in [0.2, 0.25) is 5.91 Å². The van der Waals surface area contributed by atoms with Gasteiger partial charge in [0.1, 0.15) is 6.61 Å². The number of nitrogens with zero attached hydrogens (tertiary/aromatic N) is 3. The van der Waals surface area contributed by atoms with Gasteiger partial charge in [-0.15, -0.1) is 0 Å². The second kappa shape index (κ2) is 8.11. The molecule has 0 radical (unpaired) electrons. The molecule has 0 N–H and O–H groups in total. The van der Waals surface area contributed by atoms with Gasteiger partial charge in [0.05, 0.1) is 5.60 Å². The molecule has 5 nitrogen and oxygen atoms in total. The van der Waals surface area contributed by atoms with Crippen LogP contribution in [0.2, 0.25) is 0 Å². The van der Waals surface area contributed by atoms with E-state index in [2.05, 4.69) is 16.8 Å². The van der Waals surface area contributed by atoms with Gasteiger partial charge in [-0.25, -0.2) is 0 Å². The van der Waals surface area contributed by atoms with Crippen LogP contribution in [0.15, 0.2) is 0 Å². The molecule has 1 fully saturated rings. The quantitative estimate of drug-likeness (QED) is 0.740. The lowest BCUT2D eigenvalue weighted by Crippen LogP contribution is -2.50. The maximum absolute atomic E-state index is 12.6. The molecule has 1 amide bonds. The van der Waals surface area contributed by atoms with Crippen molar-refractivity contribution >= 4 is 5.91 Å². The normalized spacial score (nSPS) is 18.2. The lowest BCUT2D eigenvalue weighted by Gasteiger charge is -2.38. The van der Waals surface area contributed by atoms with Crippen LogP contribution < -0.4 is 0 Å². The molecule has 0 aliphatic carbocycles. The van der Waals surface area contributed by atoms with Crippen LogP contribution in [0.4, 0.5) is 0 Å². The fraction of sp³-hybridized carbons (Fsp3) is 0.938. The summed E-state index contributed by atoms with van der Waals surface area (Å²) >= 11 is 0. The number of rotatable bonds is 6. The predicted molar refractivity (Wildman–Crippen MR) is 86.5 cm³/mol. The molecule has 0 atom stereocenters. The topological polar surface area (TPSA) is 36.0 Å². The number of carbonyl (C=O) groups excluding carboxylic acids is 1. The molecule has 1 aliphatic rings. The zero-order chi connectivity index (χ0) is 16.0. The first-order valence-corrected chi connectivity index (χ1v) is 7.96. The number of carbonyl (C=O) groups is 1. The molecule has 5 heteroatoms. The Balaban J connectivity index is 2.60. The lowest BCUT2D eigenvalue weighted by atomic mass is 10.0. The molecule has 0 spiro atoms. The highest BCUT2D eigenvalue weighted by Crippen LogP contribution is 2.17.